The summed E-state index contributed by atoms with van der Waals surface area (Å²) in [7, 11) is 0. The second kappa shape index (κ2) is 7.00. The summed E-state index contributed by atoms with van der Waals surface area (Å²) < 4.78 is 39.6. The van der Waals surface area contributed by atoms with Crippen molar-refractivity contribution in [1.29, 1.82) is 0 Å². The van der Waals surface area contributed by atoms with Gasteiger partial charge in [0.25, 0.3) is 0 Å². The monoisotopic (exact) mass is 401 g/mol. The van der Waals surface area contributed by atoms with Gasteiger partial charge in [0.2, 0.25) is 5.95 Å². The van der Waals surface area contributed by atoms with Crippen molar-refractivity contribution in [1.82, 2.24) is 15.0 Å². The second-order valence-electron chi connectivity index (χ2n) is 7.13. The number of hydrogen-bond donors (Lipinski definition) is 3. The quantitative estimate of drug-likeness (QED) is 0.614. The first-order valence-corrected chi connectivity index (χ1v) is 8.92. The van der Waals surface area contributed by atoms with Gasteiger partial charge in [-0.05, 0) is 24.3 Å². The smallest absolute Gasteiger partial charge is 0.395 e. The Morgan fingerprint density at radius 1 is 1.21 bits per heavy atom. The third-order valence-corrected chi connectivity index (χ3v) is 4.96. The van der Waals surface area contributed by atoms with E-state index in [0.717, 1.165) is 11.6 Å². The average Bonchev–Trinajstić information content (AvgIpc) is 3.05. The number of benzene rings is 1. The molecule has 0 spiro atoms. The number of para-hydroxylation sites is 1. The van der Waals surface area contributed by atoms with Gasteiger partial charge >= 0.3 is 6.18 Å². The Bertz CT molecular complexity index is 1060. The molecule has 29 heavy (non-hydrogen) atoms. The van der Waals surface area contributed by atoms with E-state index in [1.807, 2.05) is 13.0 Å². The maximum atomic E-state index is 13.2. The minimum Gasteiger partial charge on any atom is -0.395 e. The van der Waals surface area contributed by atoms with Crippen LogP contribution in [0.25, 0.3) is 11.3 Å². The van der Waals surface area contributed by atoms with Crippen LogP contribution in [0.3, 0.4) is 0 Å². The van der Waals surface area contributed by atoms with Gasteiger partial charge in [-0.15, -0.1) is 0 Å². The molecule has 1 aliphatic rings. The van der Waals surface area contributed by atoms with Crippen molar-refractivity contribution in [3.63, 3.8) is 0 Å². The summed E-state index contributed by atoms with van der Waals surface area (Å²) in [6, 6.07) is 8.70. The molecule has 0 saturated heterocycles. The van der Waals surface area contributed by atoms with Gasteiger partial charge in [0.1, 0.15) is 5.82 Å². The van der Waals surface area contributed by atoms with E-state index in [1.54, 1.807) is 12.3 Å². The summed E-state index contributed by atoms with van der Waals surface area (Å²) in [4.78, 5) is 12.8. The van der Waals surface area contributed by atoms with Gasteiger partial charge < -0.3 is 15.7 Å². The van der Waals surface area contributed by atoms with Crippen LogP contribution >= 0.6 is 0 Å². The molecule has 0 fully saturated rings. The lowest BCUT2D eigenvalue weighted by atomic mass is 9.85. The molecule has 1 aliphatic heterocycles. The zero-order valence-corrected chi connectivity index (χ0v) is 15.5. The predicted molar refractivity (Wildman–Crippen MR) is 103 cm³/mol. The van der Waals surface area contributed by atoms with E-state index < -0.39 is 17.2 Å². The number of pyridine rings is 1. The van der Waals surface area contributed by atoms with Crippen LogP contribution in [0.5, 0.6) is 0 Å². The topological polar surface area (TPSA) is 83.0 Å². The lowest BCUT2D eigenvalue weighted by Gasteiger charge is -2.20. The van der Waals surface area contributed by atoms with Crippen molar-refractivity contribution in [2.24, 2.45) is 0 Å². The molecule has 0 bridgehead atoms. The summed E-state index contributed by atoms with van der Waals surface area (Å²) in [5.41, 5.74) is 0.682. The molecule has 0 radical (unpaired) electrons. The van der Waals surface area contributed by atoms with Crippen LogP contribution in [0, 0.1) is 0 Å². The minimum atomic E-state index is -4.49. The zero-order chi connectivity index (χ0) is 20.6. The standard InChI is InChI=1S/C20H18F3N5O/c1-19(11-29)10-26-17-14(19)8-12(9-25-17)15-6-7-24-18(27-15)28-16-5-3-2-4-13(16)20(21,22)23/h2-9,29H,10-11H2,1H3,(H,25,26)(H,24,27,28). The molecule has 1 aromatic carbocycles. The lowest BCUT2D eigenvalue weighted by Crippen LogP contribution is -2.28. The highest BCUT2D eigenvalue weighted by Gasteiger charge is 2.35. The molecule has 3 N–H and O–H groups in total. The number of rotatable bonds is 4. The number of fused-ring (bicyclic) bond motifs is 1. The average molecular weight is 401 g/mol. The first-order chi connectivity index (χ1) is 13.8. The largest absolute Gasteiger partial charge is 0.418 e. The number of halogens is 3. The maximum absolute atomic E-state index is 13.2. The number of aromatic nitrogens is 3. The predicted octanol–water partition coefficient (Wildman–Crippen LogP) is 3.98. The molecule has 3 heterocycles. The van der Waals surface area contributed by atoms with Gasteiger partial charge in [0.15, 0.2) is 0 Å². The summed E-state index contributed by atoms with van der Waals surface area (Å²) in [6.07, 6.45) is -1.39. The van der Waals surface area contributed by atoms with E-state index in [2.05, 4.69) is 25.6 Å². The van der Waals surface area contributed by atoms with E-state index in [9.17, 15) is 18.3 Å². The fraction of sp³-hybridized carbons (Fsp3) is 0.250. The van der Waals surface area contributed by atoms with Crippen LogP contribution in [0.2, 0.25) is 0 Å². The molecule has 9 heteroatoms. The number of hydrogen-bond acceptors (Lipinski definition) is 6. The molecule has 150 valence electrons. The van der Waals surface area contributed by atoms with Gasteiger partial charge in [-0.3, -0.25) is 0 Å². The van der Waals surface area contributed by atoms with Crippen molar-refractivity contribution < 1.29 is 18.3 Å². The molecule has 4 rings (SSSR count). The van der Waals surface area contributed by atoms with Gasteiger partial charge in [-0.2, -0.15) is 13.2 Å². The SMILES string of the molecule is CC1(CO)CNc2ncc(-c3ccnc(Nc4ccccc4C(F)(F)F)n3)cc21. The number of aliphatic hydroxyl groups excluding tert-OH is 1. The van der Waals surface area contributed by atoms with Crippen LogP contribution in [-0.4, -0.2) is 33.2 Å². The fourth-order valence-electron chi connectivity index (χ4n) is 3.26. The molecule has 0 saturated carbocycles. The van der Waals surface area contributed by atoms with E-state index in [-0.39, 0.29) is 18.2 Å². The first kappa shape index (κ1) is 19.1. The maximum Gasteiger partial charge on any atom is 0.418 e. The molecule has 6 nitrogen and oxygen atoms in total. The van der Waals surface area contributed by atoms with Crippen LogP contribution in [-0.2, 0) is 11.6 Å². The van der Waals surface area contributed by atoms with Crippen molar-refractivity contribution >= 4 is 17.5 Å². The summed E-state index contributed by atoms with van der Waals surface area (Å²) in [5.74, 6) is 0.750. The molecule has 2 aromatic heterocycles. The van der Waals surface area contributed by atoms with Gasteiger partial charge in [0.05, 0.1) is 23.6 Å². The summed E-state index contributed by atoms with van der Waals surface area (Å²) >= 11 is 0. The Labute approximate surface area is 164 Å². The highest BCUT2D eigenvalue weighted by molar-refractivity contribution is 5.67. The van der Waals surface area contributed by atoms with E-state index in [1.165, 1.54) is 24.4 Å². The van der Waals surface area contributed by atoms with Crippen LogP contribution in [0.1, 0.15) is 18.1 Å². The van der Waals surface area contributed by atoms with Gasteiger partial charge in [-0.1, -0.05) is 19.1 Å². The van der Waals surface area contributed by atoms with Crippen LogP contribution in [0.15, 0.2) is 48.8 Å². The van der Waals surface area contributed by atoms with E-state index in [0.29, 0.717) is 23.6 Å². The number of alkyl halides is 3. The van der Waals surface area contributed by atoms with E-state index in [4.69, 9.17) is 0 Å². The number of nitrogens with one attached hydrogen (secondary N) is 2. The molecule has 1 atom stereocenters. The third-order valence-electron chi connectivity index (χ3n) is 4.96. The molecule has 0 amide bonds. The highest BCUT2D eigenvalue weighted by atomic mass is 19.4. The van der Waals surface area contributed by atoms with Crippen molar-refractivity contribution in [3.05, 3.63) is 59.9 Å². The molecule has 0 aliphatic carbocycles. The molecular weight excluding hydrogens is 383 g/mol. The number of nitrogens with zero attached hydrogens (tertiary/aromatic N) is 3. The fourth-order valence-corrected chi connectivity index (χ4v) is 3.26. The molecular formula is C20H18F3N5O. The Morgan fingerprint density at radius 2 is 2.00 bits per heavy atom. The lowest BCUT2D eigenvalue weighted by molar-refractivity contribution is -0.136. The number of aliphatic hydroxyl groups is 1. The Kier molecular flexibility index (Phi) is 4.62. The second-order valence-corrected chi connectivity index (χ2v) is 7.13. The highest BCUT2D eigenvalue weighted by Crippen LogP contribution is 2.38. The van der Waals surface area contributed by atoms with Gasteiger partial charge in [-0.25, -0.2) is 15.0 Å². The summed E-state index contributed by atoms with van der Waals surface area (Å²) in [6.45, 7) is 2.46. The Morgan fingerprint density at radius 3 is 2.76 bits per heavy atom. The van der Waals surface area contributed by atoms with Crippen molar-refractivity contribution in [2.45, 2.75) is 18.5 Å². The van der Waals surface area contributed by atoms with Gasteiger partial charge in [0, 0.05) is 35.5 Å². The van der Waals surface area contributed by atoms with Crippen molar-refractivity contribution in [2.75, 3.05) is 23.8 Å². The van der Waals surface area contributed by atoms with Crippen LogP contribution in [0.4, 0.5) is 30.6 Å². The zero-order valence-electron chi connectivity index (χ0n) is 15.5. The normalized spacial score (nSPS) is 18.2. The third kappa shape index (κ3) is 3.61. The summed E-state index contributed by atoms with van der Waals surface area (Å²) in [5, 5.41) is 15.6. The number of anilines is 3. The Hall–Kier alpha value is -3.20. The molecule has 3 aromatic rings. The van der Waals surface area contributed by atoms with Crippen LogP contribution < -0.4 is 10.6 Å². The van der Waals surface area contributed by atoms with E-state index >= 15 is 0 Å². The first-order valence-electron chi connectivity index (χ1n) is 8.92. The van der Waals surface area contributed by atoms with Crippen molar-refractivity contribution in [3.8, 4) is 11.3 Å². The molecule has 1 unspecified atom stereocenters. The Balaban J connectivity index is 1.67. The minimum absolute atomic E-state index is 0.0388.